The minimum atomic E-state index is -3.02. The first kappa shape index (κ1) is 27.2. The van der Waals surface area contributed by atoms with Crippen LogP contribution in [0.5, 0.6) is 5.75 Å². The fourth-order valence-corrected chi connectivity index (χ4v) is 5.28. The third-order valence-corrected chi connectivity index (χ3v) is 7.23. The van der Waals surface area contributed by atoms with Gasteiger partial charge in [-0.25, -0.2) is 4.98 Å². The monoisotopic (exact) mass is 583 g/mol. The molecular weight excluding hydrogens is 564 g/mol. The lowest BCUT2D eigenvalue weighted by Gasteiger charge is -2.28. The van der Waals surface area contributed by atoms with Crippen molar-refractivity contribution in [1.82, 2.24) is 14.9 Å². The van der Waals surface area contributed by atoms with Gasteiger partial charge in [0, 0.05) is 37.1 Å². The number of amides is 3. The van der Waals surface area contributed by atoms with Gasteiger partial charge < -0.3 is 20.3 Å². The summed E-state index contributed by atoms with van der Waals surface area (Å²) >= 11 is 7.67. The fourth-order valence-electron chi connectivity index (χ4n) is 4.18. The lowest BCUT2D eigenvalue weighted by atomic mass is 10.1. The van der Waals surface area contributed by atoms with E-state index in [1.165, 1.54) is 40.6 Å². The van der Waals surface area contributed by atoms with E-state index in [-0.39, 0.29) is 46.9 Å². The van der Waals surface area contributed by atoms with E-state index in [0.717, 1.165) is 6.07 Å². The molecular formula is C27H20ClF2N5O4S. The number of hydrogen-bond acceptors (Lipinski definition) is 7. The van der Waals surface area contributed by atoms with Crippen LogP contribution in [0.1, 0.15) is 31.3 Å². The van der Waals surface area contributed by atoms with Crippen molar-refractivity contribution in [1.29, 1.82) is 0 Å². The Morgan fingerprint density at radius 3 is 2.73 bits per heavy atom. The summed E-state index contributed by atoms with van der Waals surface area (Å²) in [6.45, 7) is -2.98. The first-order chi connectivity index (χ1) is 19.3. The molecule has 0 radical (unpaired) electrons. The molecule has 9 nitrogen and oxygen atoms in total. The molecule has 0 saturated heterocycles. The van der Waals surface area contributed by atoms with Crippen molar-refractivity contribution < 1.29 is 27.9 Å². The Labute approximate surface area is 235 Å². The molecule has 0 fully saturated rings. The number of halogens is 3. The van der Waals surface area contributed by atoms with Crippen molar-refractivity contribution in [3.05, 3.63) is 99.1 Å². The lowest BCUT2D eigenvalue weighted by molar-refractivity contribution is -0.120. The number of carbonyl (C=O) groups is 3. The van der Waals surface area contributed by atoms with Gasteiger partial charge in [-0.05, 0) is 47.3 Å². The molecule has 1 aromatic carbocycles. The Morgan fingerprint density at radius 2 is 1.98 bits per heavy atom. The van der Waals surface area contributed by atoms with Crippen molar-refractivity contribution in [2.75, 3.05) is 10.6 Å². The van der Waals surface area contributed by atoms with E-state index in [0.29, 0.717) is 21.8 Å². The summed E-state index contributed by atoms with van der Waals surface area (Å²) in [6, 6.07) is 13.2. The molecule has 5 rings (SSSR count). The predicted octanol–water partition coefficient (Wildman–Crippen LogP) is 5.25. The molecule has 1 aliphatic heterocycles. The smallest absolute Gasteiger partial charge is 0.387 e. The van der Waals surface area contributed by atoms with Gasteiger partial charge in [0.2, 0.25) is 5.91 Å². The highest BCUT2D eigenvalue weighted by Gasteiger charge is 2.36. The summed E-state index contributed by atoms with van der Waals surface area (Å²) in [5.74, 6) is -1.46. The average molecular weight is 584 g/mol. The largest absolute Gasteiger partial charge is 0.435 e. The number of thiophene rings is 1. The summed E-state index contributed by atoms with van der Waals surface area (Å²) in [7, 11) is 0. The van der Waals surface area contributed by atoms with Gasteiger partial charge in [-0.15, -0.1) is 11.3 Å². The molecule has 40 heavy (non-hydrogen) atoms. The van der Waals surface area contributed by atoms with Crippen LogP contribution < -0.4 is 15.4 Å². The number of rotatable bonds is 8. The number of fused-ring (bicyclic) bond motifs is 1. The van der Waals surface area contributed by atoms with Crippen molar-refractivity contribution in [3.8, 4) is 5.75 Å². The summed E-state index contributed by atoms with van der Waals surface area (Å²) < 4.78 is 29.3. The Kier molecular flexibility index (Phi) is 7.99. The summed E-state index contributed by atoms with van der Waals surface area (Å²) in [6.07, 6.45) is 3.03. The van der Waals surface area contributed by atoms with E-state index < -0.39 is 18.6 Å². The average Bonchev–Trinajstić information content (AvgIpc) is 3.35. The van der Waals surface area contributed by atoms with Crippen LogP contribution in [0.4, 0.5) is 20.3 Å². The zero-order valence-electron chi connectivity index (χ0n) is 20.5. The molecule has 1 unspecified atom stereocenters. The third-order valence-electron chi connectivity index (χ3n) is 6.01. The van der Waals surface area contributed by atoms with E-state index in [2.05, 4.69) is 25.3 Å². The highest BCUT2D eigenvalue weighted by atomic mass is 35.5. The number of hydrogen-bond donors (Lipinski definition) is 2. The number of anilines is 2. The Bertz CT molecular complexity index is 1570. The molecule has 4 heterocycles. The van der Waals surface area contributed by atoms with Gasteiger partial charge in [-0.1, -0.05) is 23.7 Å². The van der Waals surface area contributed by atoms with Crippen LogP contribution in [0.3, 0.4) is 0 Å². The van der Waals surface area contributed by atoms with Gasteiger partial charge in [0.05, 0.1) is 16.3 Å². The van der Waals surface area contributed by atoms with Crippen LogP contribution in [0, 0.1) is 0 Å². The van der Waals surface area contributed by atoms with Crippen LogP contribution in [-0.4, -0.2) is 45.2 Å². The van der Waals surface area contributed by atoms with Crippen molar-refractivity contribution in [2.45, 2.75) is 25.6 Å². The number of pyridine rings is 2. The quantitative estimate of drug-likeness (QED) is 0.293. The molecule has 204 valence electrons. The van der Waals surface area contributed by atoms with Gasteiger partial charge in [0.15, 0.2) is 0 Å². The number of aromatic nitrogens is 2. The molecule has 3 aromatic heterocycles. The van der Waals surface area contributed by atoms with Gasteiger partial charge in [-0.3, -0.25) is 19.4 Å². The summed E-state index contributed by atoms with van der Waals surface area (Å²) in [5, 5.41) is 7.15. The highest BCUT2D eigenvalue weighted by Crippen LogP contribution is 2.31. The number of nitrogens with one attached hydrogen (secondary N) is 2. The van der Waals surface area contributed by atoms with Gasteiger partial charge in [-0.2, -0.15) is 8.78 Å². The van der Waals surface area contributed by atoms with Crippen molar-refractivity contribution in [3.63, 3.8) is 0 Å². The summed E-state index contributed by atoms with van der Waals surface area (Å²) in [4.78, 5) is 49.7. The zero-order chi connectivity index (χ0) is 28.2. The molecule has 0 bridgehead atoms. The standard InChI is InChI=1S/C27H20ClF2N5O4S/c28-19-11-15(4-5-18(19)24(36)34-22-13-17(6-9-32-22)39-27(29)30)14-35-21(12-16-3-1-2-8-31-16)25(37)33-20-7-10-40-23(20)26(35)38/h1-11,13,21,27H,12,14H2,(H,33,37)(H,32,34,36). The van der Waals surface area contributed by atoms with Crippen LogP contribution in [0.15, 0.2) is 72.4 Å². The number of benzene rings is 1. The van der Waals surface area contributed by atoms with Crippen LogP contribution in [-0.2, 0) is 17.8 Å². The minimum Gasteiger partial charge on any atom is -0.435 e. The third kappa shape index (κ3) is 6.08. The maximum Gasteiger partial charge on any atom is 0.387 e. The first-order valence-corrected chi connectivity index (χ1v) is 13.1. The molecule has 0 saturated carbocycles. The molecule has 1 aliphatic rings. The predicted molar refractivity (Wildman–Crippen MR) is 145 cm³/mol. The molecule has 0 spiro atoms. The van der Waals surface area contributed by atoms with E-state index in [1.807, 2.05) is 0 Å². The van der Waals surface area contributed by atoms with E-state index in [4.69, 9.17) is 11.6 Å². The maximum absolute atomic E-state index is 13.6. The first-order valence-electron chi connectivity index (χ1n) is 11.9. The van der Waals surface area contributed by atoms with E-state index in [9.17, 15) is 23.2 Å². The lowest BCUT2D eigenvalue weighted by Crippen LogP contribution is -2.46. The number of nitrogens with zero attached hydrogens (tertiary/aromatic N) is 3. The van der Waals surface area contributed by atoms with Crippen LogP contribution >= 0.6 is 22.9 Å². The molecule has 0 aliphatic carbocycles. The molecule has 3 amide bonds. The number of alkyl halides is 2. The summed E-state index contributed by atoms with van der Waals surface area (Å²) in [5.41, 5.74) is 1.78. The minimum absolute atomic E-state index is 0.00594. The second-order valence-corrected chi connectivity index (χ2v) is 9.97. The Hall–Kier alpha value is -4.42. The SMILES string of the molecule is O=C(Nc1cc(OC(F)F)ccn1)c1ccc(CN2C(=O)c3sccc3NC(=O)C2Cc2ccccn2)cc1Cl. The Morgan fingerprint density at radius 1 is 1.12 bits per heavy atom. The van der Waals surface area contributed by atoms with Crippen LogP contribution in [0.2, 0.25) is 5.02 Å². The molecule has 1 atom stereocenters. The van der Waals surface area contributed by atoms with Crippen molar-refractivity contribution >= 4 is 52.2 Å². The van der Waals surface area contributed by atoms with Gasteiger partial charge in [0.1, 0.15) is 22.5 Å². The molecule has 13 heteroatoms. The second-order valence-electron chi connectivity index (χ2n) is 8.65. The Balaban J connectivity index is 1.38. The normalized spacial score (nSPS) is 14.9. The maximum atomic E-state index is 13.6. The van der Waals surface area contributed by atoms with Crippen LogP contribution in [0.25, 0.3) is 0 Å². The number of carbonyl (C=O) groups excluding carboxylic acids is 3. The second kappa shape index (κ2) is 11.8. The van der Waals surface area contributed by atoms with E-state index in [1.54, 1.807) is 41.9 Å². The topological polar surface area (TPSA) is 114 Å². The fraction of sp³-hybridized carbons (Fsp3) is 0.148. The highest BCUT2D eigenvalue weighted by molar-refractivity contribution is 7.12. The molecule has 4 aromatic rings. The van der Waals surface area contributed by atoms with Gasteiger partial charge in [0.25, 0.3) is 11.8 Å². The zero-order valence-corrected chi connectivity index (χ0v) is 22.1. The number of ether oxygens (including phenoxy) is 1. The van der Waals surface area contributed by atoms with Crippen molar-refractivity contribution in [2.24, 2.45) is 0 Å². The van der Waals surface area contributed by atoms with Gasteiger partial charge >= 0.3 is 6.61 Å². The van der Waals surface area contributed by atoms with E-state index >= 15 is 0 Å². The molecule has 2 N–H and O–H groups in total.